The minimum absolute atomic E-state index is 0.0319. The van der Waals surface area contributed by atoms with E-state index in [4.69, 9.17) is 28.1 Å². The number of halogens is 1. The fourth-order valence-electron chi connectivity index (χ4n) is 8.02. The van der Waals surface area contributed by atoms with Gasteiger partial charge in [0.05, 0.1) is 24.4 Å². The van der Waals surface area contributed by atoms with Crippen LogP contribution in [0.2, 0.25) is 0 Å². The van der Waals surface area contributed by atoms with E-state index in [1.165, 1.54) is 18.2 Å². The molecular formula is C38H45FN4O7S. The summed E-state index contributed by atoms with van der Waals surface area (Å²) in [5.41, 5.74) is 3.33. The lowest BCUT2D eigenvalue weighted by Crippen LogP contribution is -2.47. The molecule has 0 spiro atoms. The van der Waals surface area contributed by atoms with Crippen molar-refractivity contribution in [3.05, 3.63) is 76.7 Å². The molecule has 0 amide bonds. The van der Waals surface area contributed by atoms with Crippen LogP contribution in [-0.2, 0) is 39.0 Å². The fourth-order valence-corrected chi connectivity index (χ4v) is 8.93. The van der Waals surface area contributed by atoms with Crippen LogP contribution in [0.5, 0.6) is 17.6 Å². The van der Waals surface area contributed by atoms with Crippen LogP contribution in [0.1, 0.15) is 55.0 Å². The molecule has 4 heterocycles. The summed E-state index contributed by atoms with van der Waals surface area (Å²) in [6.45, 7) is 6.64. The first-order valence-corrected chi connectivity index (χ1v) is 19.0. The second-order valence-electron chi connectivity index (χ2n) is 13.7. The number of methoxy groups -OCH3 is 2. The molecule has 7 rings (SSSR count). The molecule has 3 aliphatic rings. The van der Waals surface area contributed by atoms with Crippen LogP contribution in [0.25, 0.3) is 10.8 Å². The summed E-state index contributed by atoms with van der Waals surface area (Å²) in [6.07, 6.45) is 4.91. The number of hydrogen-bond donors (Lipinski definition) is 0. The minimum Gasteiger partial charge on any atom is -0.467 e. The predicted molar refractivity (Wildman–Crippen MR) is 191 cm³/mol. The number of ether oxygens (including phenoxy) is 4. The van der Waals surface area contributed by atoms with Crippen LogP contribution in [-0.4, -0.2) is 82.2 Å². The Kier molecular flexibility index (Phi) is 10.1. The van der Waals surface area contributed by atoms with Crippen LogP contribution in [0, 0.1) is 12.7 Å². The number of rotatable bonds is 13. The molecule has 0 aliphatic carbocycles. The van der Waals surface area contributed by atoms with Gasteiger partial charge in [-0.25, -0.2) is 4.39 Å². The number of hydrogen-bond acceptors (Lipinski definition) is 11. The van der Waals surface area contributed by atoms with Crippen molar-refractivity contribution in [2.45, 2.75) is 75.4 Å². The third kappa shape index (κ3) is 6.96. The van der Waals surface area contributed by atoms with E-state index in [-0.39, 0.29) is 41.5 Å². The molecule has 2 saturated heterocycles. The van der Waals surface area contributed by atoms with Gasteiger partial charge in [0.2, 0.25) is 5.88 Å². The zero-order valence-corrected chi connectivity index (χ0v) is 30.4. The number of aryl methyl sites for hydroxylation is 2. The molecule has 272 valence electrons. The quantitative estimate of drug-likeness (QED) is 0.120. The Bertz CT molecular complexity index is 2010. The Labute approximate surface area is 298 Å². The summed E-state index contributed by atoms with van der Waals surface area (Å²) < 4.78 is 71.1. The highest BCUT2D eigenvalue weighted by molar-refractivity contribution is 7.87. The molecule has 3 aromatic carbocycles. The Morgan fingerprint density at radius 2 is 1.82 bits per heavy atom. The molecule has 2 atom stereocenters. The smallest absolute Gasteiger partial charge is 0.340 e. The molecular weight excluding hydrogens is 676 g/mol. The highest BCUT2D eigenvalue weighted by Crippen LogP contribution is 2.43. The molecule has 0 unspecified atom stereocenters. The van der Waals surface area contributed by atoms with Crippen LogP contribution in [0.3, 0.4) is 0 Å². The molecule has 13 heteroatoms. The van der Waals surface area contributed by atoms with Gasteiger partial charge < -0.3 is 28.0 Å². The van der Waals surface area contributed by atoms with Crippen molar-refractivity contribution in [2.24, 2.45) is 0 Å². The van der Waals surface area contributed by atoms with Crippen molar-refractivity contribution in [1.29, 1.82) is 0 Å². The van der Waals surface area contributed by atoms with Gasteiger partial charge in [-0.15, -0.1) is 0 Å². The number of benzene rings is 3. The van der Waals surface area contributed by atoms with Gasteiger partial charge in [0.25, 0.3) is 0 Å². The lowest BCUT2D eigenvalue weighted by atomic mass is 9.95. The summed E-state index contributed by atoms with van der Waals surface area (Å²) in [6, 6.07) is 13.9. The number of fused-ring (bicyclic) bond motifs is 3. The summed E-state index contributed by atoms with van der Waals surface area (Å²) >= 11 is 0. The standard InChI is InChI=1S/C38H45FN4O7S/c1-5-30-32(39)12-9-26-19-28(49-24-47-4)20-34(35(26)30)42-18-14-31-33(21-42)40-37(41-36(31)50-51(44,45)29-10-7-25(2)8-11-29)48-23-38-15-6-17-43(38)27(13-16-38)22-46-3/h7-12,19-20,27H,5-6,13-18,21-24H2,1-4H3/t27-,38+/m0/s1. The first-order chi connectivity index (χ1) is 24.6. The second-order valence-corrected chi connectivity index (χ2v) is 15.2. The van der Waals surface area contributed by atoms with Crippen molar-refractivity contribution in [3.63, 3.8) is 0 Å². The van der Waals surface area contributed by atoms with Gasteiger partial charge in [-0.05, 0) is 87.2 Å². The van der Waals surface area contributed by atoms with Crippen molar-refractivity contribution in [1.82, 2.24) is 14.9 Å². The van der Waals surface area contributed by atoms with Gasteiger partial charge in [0, 0.05) is 49.5 Å². The van der Waals surface area contributed by atoms with Crippen LogP contribution >= 0.6 is 0 Å². The molecule has 0 N–H and O–H groups in total. The van der Waals surface area contributed by atoms with E-state index < -0.39 is 10.1 Å². The maximum atomic E-state index is 15.2. The minimum atomic E-state index is -4.21. The van der Waals surface area contributed by atoms with Gasteiger partial charge >= 0.3 is 16.1 Å². The van der Waals surface area contributed by atoms with E-state index in [2.05, 4.69) is 14.8 Å². The lowest BCUT2D eigenvalue weighted by Gasteiger charge is -2.35. The zero-order valence-electron chi connectivity index (χ0n) is 29.6. The van der Waals surface area contributed by atoms with Crippen LogP contribution in [0.15, 0.2) is 53.4 Å². The van der Waals surface area contributed by atoms with E-state index in [1.54, 1.807) is 32.4 Å². The Balaban J connectivity index is 1.26. The first kappa shape index (κ1) is 35.4. The molecule has 0 saturated carbocycles. The van der Waals surface area contributed by atoms with Gasteiger partial charge in [0.1, 0.15) is 23.1 Å². The van der Waals surface area contributed by atoms with Gasteiger partial charge in [-0.1, -0.05) is 30.7 Å². The first-order valence-electron chi connectivity index (χ1n) is 17.6. The molecule has 0 radical (unpaired) electrons. The van der Waals surface area contributed by atoms with Gasteiger partial charge in [-0.3, -0.25) is 4.90 Å². The number of nitrogens with zero attached hydrogens (tertiary/aromatic N) is 4. The third-order valence-corrected chi connectivity index (χ3v) is 11.8. The Morgan fingerprint density at radius 3 is 2.59 bits per heavy atom. The second kappa shape index (κ2) is 14.5. The molecule has 0 bridgehead atoms. The van der Waals surface area contributed by atoms with Gasteiger partial charge in [0.15, 0.2) is 6.79 Å². The lowest BCUT2D eigenvalue weighted by molar-refractivity contribution is 0.0512. The summed E-state index contributed by atoms with van der Waals surface area (Å²) in [7, 11) is -0.928. The fraction of sp³-hybridized carbons (Fsp3) is 0.474. The zero-order chi connectivity index (χ0) is 35.8. The van der Waals surface area contributed by atoms with E-state index in [0.29, 0.717) is 61.2 Å². The van der Waals surface area contributed by atoms with E-state index >= 15 is 4.39 Å². The largest absolute Gasteiger partial charge is 0.467 e. The number of aromatic nitrogens is 2. The predicted octanol–water partition coefficient (Wildman–Crippen LogP) is 5.98. The van der Waals surface area contributed by atoms with Crippen molar-refractivity contribution in [2.75, 3.05) is 52.2 Å². The molecule has 51 heavy (non-hydrogen) atoms. The highest BCUT2D eigenvalue weighted by atomic mass is 32.2. The van der Waals surface area contributed by atoms with Crippen molar-refractivity contribution >= 4 is 26.6 Å². The van der Waals surface area contributed by atoms with Crippen LogP contribution in [0.4, 0.5) is 10.1 Å². The Morgan fingerprint density at radius 1 is 1.00 bits per heavy atom. The third-order valence-electron chi connectivity index (χ3n) is 10.5. The summed E-state index contributed by atoms with van der Waals surface area (Å²) in [4.78, 5) is 14.1. The average molecular weight is 721 g/mol. The molecule has 4 aromatic rings. The maximum Gasteiger partial charge on any atom is 0.340 e. The molecule has 1 aromatic heterocycles. The average Bonchev–Trinajstić information content (AvgIpc) is 3.69. The normalized spacial score (nSPS) is 20.4. The highest BCUT2D eigenvalue weighted by Gasteiger charge is 2.49. The monoisotopic (exact) mass is 720 g/mol. The van der Waals surface area contributed by atoms with E-state index in [1.807, 2.05) is 26.0 Å². The molecule has 2 fully saturated rings. The topological polar surface area (TPSA) is 113 Å². The molecule has 11 nitrogen and oxygen atoms in total. The molecule has 3 aliphatic heterocycles. The summed E-state index contributed by atoms with van der Waals surface area (Å²) in [5.74, 6) is 0.272. The van der Waals surface area contributed by atoms with E-state index in [0.717, 1.165) is 54.3 Å². The summed E-state index contributed by atoms with van der Waals surface area (Å²) in [5, 5.41) is 1.63. The van der Waals surface area contributed by atoms with Crippen LogP contribution < -0.4 is 18.6 Å². The van der Waals surface area contributed by atoms with Gasteiger partial charge in [-0.2, -0.15) is 18.4 Å². The van der Waals surface area contributed by atoms with E-state index in [9.17, 15) is 8.42 Å². The SMILES string of the molecule is CCc1c(F)ccc2cc(OCOC)cc(N3CCc4c(nc(OC[C@]56CCCN5[C@H](COC)CC6)nc4OS(=O)(=O)c4ccc(C)cc4)C3)c12. The Hall–Kier alpha value is -4.04. The van der Waals surface area contributed by atoms with Crippen molar-refractivity contribution in [3.8, 4) is 17.6 Å². The number of anilines is 1. The maximum absolute atomic E-state index is 15.2. The van der Waals surface area contributed by atoms with Crippen molar-refractivity contribution < 1.29 is 35.9 Å².